The summed E-state index contributed by atoms with van der Waals surface area (Å²) in [6.45, 7) is 1.76. The Kier molecular flexibility index (Phi) is 5.25. The molecule has 3 rings (SSSR count). The van der Waals surface area contributed by atoms with E-state index in [0.29, 0.717) is 17.4 Å². The summed E-state index contributed by atoms with van der Waals surface area (Å²) in [5, 5.41) is 6.03. The Morgan fingerprint density at radius 2 is 1.92 bits per heavy atom. The fraction of sp³-hybridized carbons (Fsp3) is 0.167. The number of para-hydroxylation sites is 1. The van der Waals surface area contributed by atoms with Crippen molar-refractivity contribution in [2.24, 2.45) is 0 Å². The number of rotatable bonds is 6. The maximum atomic E-state index is 12.0. The minimum atomic E-state index is -0.155. The molecule has 2 amide bonds. The largest absolute Gasteiger partial charge is 0.493 e. The van der Waals surface area contributed by atoms with Crippen molar-refractivity contribution in [3.63, 3.8) is 0 Å². The molecule has 2 aromatic carbocycles. The van der Waals surface area contributed by atoms with Crippen molar-refractivity contribution in [1.82, 2.24) is 4.98 Å². The van der Waals surface area contributed by atoms with E-state index in [1.54, 1.807) is 6.07 Å². The number of hydrogen-bond acceptors (Lipinski definition) is 5. The average molecular weight is 355 g/mol. The second-order valence-electron chi connectivity index (χ2n) is 5.34. The predicted molar refractivity (Wildman–Crippen MR) is 99.1 cm³/mol. The highest BCUT2D eigenvalue weighted by Gasteiger charge is 2.09. The van der Waals surface area contributed by atoms with Crippen LogP contribution in [0.25, 0.3) is 10.2 Å². The van der Waals surface area contributed by atoms with Crippen LogP contribution in [0.3, 0.4) is 0 Å². The molecule has 0 aliphatic rings. The van der Waals surface area contributed by atoms with E-state index in [1.165, 1.54) is 18.3 Å². The van der Waals surface area contributed by atoms with E-state index in [9.17, 15) is 9.59 Å². The number of hydrogen-bond donors (Lipinski definition) is 2. The number of carbonyl (C=O) groups is 2. The molecule has 0 fully saturated rings. The Labute approximate surface area is 148 Å². The van der Waals surface area contributed by atoms with Crippen LogP contribution in [0, 0.1) is 0 Å². The van der Waals surface area contributed by atoms with E-state index in [-0.39, 0.29) is 18.2 Å². The molecule has 6 nitrogen and oxygen atoms in total. The molecule has 0 atom stereocenters. The number of anilines is 2. The molecule has 0 aliphatic heterocycles. The number of nitrogens with zero attached hydrogens (tertiary/aromatic N) is 1. The number of thiazole rings is 1. The molecule has 1 heterocycles. The van der Waals surface area contributed by atoms with E-state index in [0.717, 1.165) is 16.0 Å². The molecule has 0 bridgehead atoms. The Bertz CT molecular complexity index is 893. The lowest BCUT2D eigenvalue weighted by molar-refractivity contribution is -0.116. The maximum Gasteiger partial charge on any atom is 0.229 e. The highest BCUT2D eigenvalue weighted by Crippen LogP contribution is 2.28. The van der Waals surface area contributed by atoms with Gasteiger partial charge in [-0.25, -0.2) is 4.98 Å². The number of nitrogens with one attached hydrogen (secondary N) is 2. The minimum Gasteiger partial charge on any atom is -0.493 e. The molecule has 0 aliphatic carbocycles. The molecule has 0 unspecified atom stereocenters. The van der Waals surface area contributed by atoms with Crippen LogP contribution < -0.4 is 15.4 Å². The lowest BCUT2D eigenvalue weighted by Crippen LogP contribution is -2.14. The van der Waals surface area contributed by atoms with Gasteiger partial charge in [-0.1, -0.05) is 29.5 Å². The van der Waals surface area contributed by atoms with E-state index in [1.807, 2.05) is 42.5 Å². The molecule has 0 radical (unpaired) electrons. The molecule has 0 saturated heterocycles. The van der Waals surface area contributed by atoms with Crippen molar-refractivity contribution in [2.75, 3.05) is 17.2 Å². The first-order valence-electron chi connectivity index (χ1n) is 7.76. The van der Waals surface area contributed by atoms with E-state index >= 15 is 0 Å². The predicted octanol–water partition coefficient (Wildman–Crippen LogP) is 3.66. The summed E-state index contributed by atoms with van der Waals surface area (Å²) in [4.78, 5) is 27.5. The molecule has 2 N–H and O–H groups in total. The monoisotopic (exact) mass is 355 g/mol. The van der Waals surface area contributed by atoms with Crippen LogP contribution in [-0.2, 0) is 9.59 Å². The Hall–Kier alpha value is -2.93. The Morgan fingerprint density at radius 3 is 2.68 bits per heavy atom. The Morgan fingerprint density at radius 1 is 1.12 bits per heavy atom. The molecule has 0 spiro atoms. The van der Waals surface area contributed by atoms with Crippen molar-refractivity contribution >= 4 is 44.2 Å². The van der Waals surface area contributed by atoms with Crippen LogP contribution in [0.2, 0.25) is 0 Å². The van der Waals surface area contributed by atoms with Crippen molar-refractivity contribution in [1.29, 1.82) is 0 Å². The normalized spacial score (nSPS) is 10.4. The second kappa shape index (κ2) is 7.76. The first kappa shape index (κ1) is 16.9. The first-order valence-corrected chi connectivity index (χ1v) is 8.58. The van der Waals surface area contributed by atoms with E-state index in [2.05, 4.69) is 15.6 Å². The third-order valence-electron chi connectivity index (χ3n) is 3.30. The smallest absolute Gasteiger partial charge is 0.229 e. The zero-order valence-electron chi connectivity index (χ0n) is 13.6. The maximum absolute atomic E-state index is 12.0. The fourth-order valence-electron chi connectivity index (χ4n) is 2.22. The van der Waals surface area contributed by atoms with Gasteiger partial charge < -0.3 is 15.4 Å². The van der Waals surface area contributed by atoms with E-state index < -0.39 is 0 Å². The standard InChI is InChI=1S/C18H17N3O3S/c1-12(22)19-13-7-8-15-16(11-13)25-18(20-15)21-17(23)9-10-24-14-5-3-2-4-6-14/h2-8,11H,9-10H2,1H3,(H,19,22)(H,20,21,23). The second-order valence-corrected chi connectivity index (χ2v) is 6.37. The third-order valence-corrected chi connectivity index (χ3v) is 4.23. The quantitative estimate of drug-likeness (QED) is 0.707. The molecule has 128 valence electrons. The summed E-state index contributed by atoms with van der Waals surface area (Å²) >= 11 is 1.36. The number of ether oxygens (including phenoxy) is 1. The lowest BCUT2D eigenvalue weighted by atomic mass is 10.3. The van der Waals surface area contributed by atoms with Crippen molar-refractivity contribution in [3.8, 4) is 5.75 Å². The first-order chi connectivity index (χ1) is 12.1. The zero-order valence-corrected chi connectivity index (χ0v) is 14.4. The van der Waals surface area contributed by atoms with Gasteiger partial charge in [0, 0.05) is 12.6 Å². The minimum absolute atomic E-state index is 0.129. The van der Waals surface area contributed by atoms with Crippen LogP contribution in [0.5, 0.6) is 5.75 Å². The van der Waals surface area contributed by atoms with Gasteiger partial charge in [0.15, 0.2) is 5.13 Å². The molecule has 0 saturated carbocycles. The number of aromatic nitrogens is 1. The summed E-state index contributed by atoms with van der Waals surface area (Å²) in [6.07, 6.45) is 0.238. The SMILES string of the molecule is CC(=O)Nc1ccc2nc(NC(=O)CCOc3ccccc3)sc2c1. The average Bonchev–Trinajstić information content (AvgIpc) is 2.96. The molecular formula is C18H17N3O3S. The number of fused-ring (bicyclic) bond motifs is 1. The van der Waals surface area contributed by atoms with Gasteiger partial charge in [-0.3, -0.25) is 9.59 Å². The van der Waals surface area contributed by atoms with Crippen LogP contribution >= 0.6 is 11.3 Å². The number of carbonyl (C=O) groups excluding carboxylic acids is 2. The molecule has 1 aromatic heterocycles. The highest BCUT2D eigenvalue weighted by atomic mass is 32.1. The van der Waals surface area contributed by atoms with Crippen LogP contribution in [0.1, 0.15) is 13.3 Å². The summed E-state index contributed by atoms with van der Waals surface area (Å²) in [6, 6.07) is 14.8. The van der Waals surface area contributed by atoms with Crippen molar-refractivity contribution in [2.45, 2.75) is 13.3 Å². The van der Waals surface area contributed by atoms with Gasteiger partial charge in [0.25, 0.3) is 0 Å². The third kappa shape index (κ3) is 4.77. The van der Waals surface area contributed by atoms with Crippen LogP contribution in [-0.4, -0.2) is 23.4 Å². The fourth-order valence-corrected chi connectivity index (χ4v) is 3.14. The number of amides is 2. The number of benzene rings is 2. The van der Waals surface area contributed by atoms with Gasteiger partial charge in [-0.05, 0) is 30.3 Å². The van der Waals surface area contributed by atoms with Gasteiger partial charge >= 0.3 is 0 Å². The van der Waals surface area contributed by atoms with Crippen molar-refractivity contribution < 1.29 is 14.3 Å². The van der Waals surface area contributed by atoms with Gasteiger partial charge in [0.05, 0.1) is 23.2 Å². The van der Waals surface area contributed by atoms with Gasteiger partial charge in [-0.2, -0.15) is 0 Å². The Balaban J connectivity index is 1.56. The van der Waals surface area contributed by atoms with Gasteiger partial charge in [0.2, 0.25) is 11.8 Å². The van der Waals surface area contributed by atoms with Crippen molar-refractivity contribution in [3.05, 3.63) is 48.5 Å². The summed E-state index contributed by atoms with van der Waals surface area (Å²) in [5.41, 5.74) is 1.48. The summed E-state index contributed by atoms with van der Waals surface area (Å²) in [7, 11) is 0. The molecule has 7 heteroatoms. The zero-order chi connectivity index (χ0) is 17.6. The van der Waals surface area contributed by atoms with E-state index in [4.69, 9.17) is 4.74 Å². The van der Waals surface area contributed by atoms with Gasteiger partial charge in [0.1, 0.15) is 5.75 Å². The van der Waals surface area contributed by atoms with Gasteiger partial charge in [-0.15, -0.1) is 0 Å². The summed E-state index contributed by atoms with van der Waals surface area (Å²) < 4.78 is 6.40. The van der Waals surface area contributed by atoms with Crippen LogP contribution in [0.4, 0.5) is 10.8 Å². The molecular weight excluding hydrogens is 338 g/mol. The summed E-state index contributed by atoms with van der Waals surface area (Å²) in [5.74, 6) is 0.452. The highest BCUT2D eigenvalue weighted by molar-refractivity contribution is 7.22. The van der Waals surface area contributed by atoms with Crippen LogP contribution in [0.15, 0.2) is 48.5 Å². The lowest BCUT2D eigenvalue weighted by Gasteiger charge is -2.05. The molecule has 3 aromatic rings. The topological polar surface area (TPSA) is 80.3 Å². The molecule has 25 heavy (non-hydrogen) atoms.